The minimum Gasteiger partial charge on any atom is -0.323 e. The number of halogens is 1. The van der Waals surface area contributed by atoms with Crippen molar-refractivity contribution in [2.24, 2.45) is 11.7 Å². The first kappa shape index (κ1) is 12.6. The molecule has 5 heteroatoms. The normalized spacial score (nSPS) is 14.2. The van der Waals surface area contributed by atoms with Crippen LogP contribution in [-0.4, -0.2) is 16.9 Å². The Hall–Kier alpha value is -1.49. The number of nitrogens with two attached hydrogens (primary N) is 1. The van der Waals surface area contributed by atoms with Crippen LogP contribution in [0.4, 0.5) is 10.1 Å². The maximum atomic E-state index is 12.5. The first-order valence-electron chi connectivity index (χ1n) is 5.22. The lowest BCUT2D eigenvalue weighted by atomic mass is 9.99. The van der Waals surface area contributed by atoms with Crippen LogP contribution in [0.3, 0.4) is 0 Å². The number of amides is 1. The summed E-state index contributed by atoms with van der Waals surface area (Å²) in [5, 5.41) is 2.59. The van der Waals surface area contributed by atoms with E-state index in [2.05, 4.69) is 10.3 Å². The van der Waals surface area contributed by atoms with Gasteiger partial charge in [0.25, 0.3) is 0 Å². The number of carbonyl (C=O) groups excluding carboxylic acids is 1. The van der Waals surface area contributed by atoms with Gasteiger partial charge in [-0.15, -0.1) is 0 Å². The molecule has 0 aliphatic rings. The van der Waals surface area contributed by atoms with Crippen LogP contribution in [0, 0.1) is 11.9 Å². The van der Waals surface area contributed by atoms with Gasteiger partial charge in [0, 0.05) is 0 Å². The molecule has 0 aromatic carbocycles. The van der Waals surface area contributed by atoms with Crippen LogP contribution in [0.25, 0.3) is 0 Å². The van der Waals surface area contributed by atoms with E-state index < -0.39 is 12.0 Å². The molecule has 1 amide bonds. The van der Waals surface area contributed by atoms with Gasteiger partial charge in [0.2, 0.25) is 11.9 Å². The van der Waals surface area contributed by atoms with Gasteiger partial charge in [-0.25, -0.2) is 4.98 Å². The third-order valence-electron chi connectivity index (χ3n) is 2.55. The summed E-state index contributed by atoms with van der Waals surface area (Å²) in [6, 6.07) is 2.07. The van der Waals surface area contributed by atoms with E-state index in [1.54, 1.807) is 0 Å². The Labute approximate surface area is 94.1 Å². The van der Waals surface area contributed by atoms with Crippen LogP contribution in [0.5, 0.6) is 0 Å². The molecule has 0 saturated heterocycles. The van der Waals surface area contributed by atoms with Crippen molar-refractivity contribution >= 4 is 11.6 Å². The van der Waals surface area contributed by atoms with Crippen molar-refractivity contribution in [1.82, 2.24) is 4.98 Å². The van der Waals surface area contributed by atoms with Crippen LogP contribution in [-0.2, 0) is 4.79 Å². The third-order valence-corrected chi connectivity index (χ3v) is 2.55. The fourth-order valence-corrected chi connectivity index (χ4v) is 1.19. The van der Waals surface area contributed by atoms with Gasteiger partial charge in [0.05, 0.1) is 17.9 Å². The van der Waals surface area contributed by atoms with Gasteiger partial charge in [-0.2, -0.15) is 4.39 Å². The number of nitrogens with zero attached hydrogens (tertiary/aromatic N) is 1. The molecular formula is C11H16FN3O. The molecule has 0 aliphatic heterocycles. The molecule has 88 valence electrons. The monoisotopic (exact) mass is 225 g/mol. The smallest absolute Gasteiger partial charge is 0.241 e. The molecule has 0 spiro atoms. The Morgan fingerprint density at radius 3 is 2.81 bits per heavy atom. The van der Waals surface area contributed by atoms with Gasteiger partial charge in [-0.1, -0.05) is 20.3 Å². The average Bonchev–Trinajstić information content (AvgIpc) is 2.30. The molecule has 1 rings (SSSR count). The quantitative estimate of drug-likeness (QED) is 0.763. The Balaban J connectivity index is 2.60. The van der Waals surface area contributed by atoms with Gasteiger partial charge < -0.3 is 11.1 Å². The summed E-state index contributed by atoms with van der Waals surface area (Å²) in [6.45, 7) is 3.88. The van der Waals surface area contributed by atoms with E-state index in [4.69, 9.17) is 5.73 Å². The Morgan fingerprint density at radius 2 is 2.31 bits per heavy atom. The molecule has 2 atom stereocenters. The molecule has 1 aromatic heterocycles. The number of anilines is 1. The number of pyridine rings is 1. The first-order chi connectivity index (χ1) is 7.54. The molecule has 0 saturated carbocycles. The van der Waals surface area contributed by atoms with Gasteiger partial charge in [0.1, 0.15) is 0 Å². The minimum atomic E-state index is -0.579. The molecule has 16 heavy (non-hydrogen) atoms. The van der Waals surface area contributed by atoms with Crippen molar-refractivity contribution in [3.63, 3.8) is 0 Å². The van der Waals surface area contributed by atoms with Gasteiger partial charge in [-0.3, -0.25) is 4.79 Å². The molecule has 0 radical (unpaired) electrons. The number of nitrogens with one attached hydrogen (secondary N) is 1. The molecule has 1 heterocycles. The molecule has 0 bridgehead atoms. The number of aromatic nitrogens is 1. The predicted octanol–water partition coefficient (Wildman–Crippen LogP) is 1.53. The Morgan fingerprint density at radius 1 is 1.62 bits per heavy atom. The summed E-state index contributed by atoms with van der Waals surface area (Å²) < 4.78 is 12.5. The van der Waals surface area contributed by atoms with Crippen molar-refractivity contribution in [3.05, 3.63) is 24.3 Å². The molecule has 0 fully saturated rings. The maximum Gasteiger partial charge on any atom is 0.241 e. The van der Waals surface area contributed by atoms with E-state index in [0.717, 1.165) is 6.42 Å². The summed E-state index contributed by atoms with van der Waals surface area (Å²) in [5.74, 6) is -0.750. The topological polar surface area (TPSA) is 68.0 Å². The van der Waals surface area contributed by atoms with Gasteiger partial charge >= 0.3 is 0 Å². The zero-order chi connectivity index (χ0) is 12.1. The van der Waals surface area contributed by atoms with Crippen molar-refractivity contribution in [2.45, 2.75) is 26.3 Å². The highest BCUT2D eigenvalue weighted by molar-refractivity contribution is 5.94. The minimum absolute atomic E-state index is 0.105. The van der Waals surface area contributed by atoms with Crippen LogP contribution in [0.2, 0.25) is 0 Å². The molecule has 0 aliphatic carbocycles. The number of carbonyl (C=O) groups is 1. The highest BCUT2D eigenvalue weighted by Gasteiger charge is 2.19. The van der Waals surface area contributed by atoms with E-state index >= 15 is 0 Å². The second kappa shape index (κ2) is 5.55. The standard InChI is InChI=1S/C11H16FN3O/c1-3-7(2)10(13)11(16)15-8-4-5-9(12)14-6-8/h4-7,10H,3,13H2,1-2H3,(H,15,16)/t7-,10-/m0/s1. The molecule has 4 nitrogen and oxygen atoms in total. The highest BCUT2D eigenvalue weighted by atomic mass is 19.1. The highest BCUT2D eigenvalue weighted by Crippen LogP contribution is 2.10. The zero-order valence-electron chi connectivity index (χ0n) is 9.40. The summed E-state index contributed by atoms with van der Waals surface area (Å²) >= 11 is 0. The van der Waals surface area contributed by atoms with Crippen molar-refractivity contribution in [3.8, 4) is 0 Å². The fraction of sp³-hybridized carbons (Fsp3) is 0.455. The van der Waals surface area contributed by atoms with Crippen LogP contribution >= 0.6 is 0 Å². The molecular weight excluding hydrogens is 209 g/mol. The lowest BCUT2D eigenvalue weighted by Gasteiger charge is -2.17. The number of hydrogen-bond donors (Lipinski definition) is 2. The summed E-state index contributed by atoms with van der Waals surface area (Å²) in [4.78, 5) is 15.1. The largest absolute Gasteiger partial charge is 0.323 e. The fourth-order valence-electron chi connectivity index (χ4n) is 1.19. The van der Waals surface area contributed by atoms with Crippen LogP contribution in [0.1, 0.15) is 20.3 Å². The van der Waals surface area contributed by atoms with E-state index in [1.165, 1.54) is 18.3 Å². The number of rotatable bonds is 4. The van der Waals surface area contributed by atoms with Gasteiger partial charge in [-0.05, 0) is 18.1 Å². The Kier molecular flexibility index (Phi) is 4.37. The summed E-state index contributed by atoms with van der Waals surface area (Å²) in [5.41, 5.74) is 6.19. The van der Waals surface area contributed by atoms with E-state index in [1.807, 2.05) is 13.8 Å². The second-order valence-corrected chi connectivity index (χ2v) is 3.77. The first-order valence-corrected chi connectivity index (χ1v) is 5.22. The maximum absolute atomic E-state index is 12.5. The summed E-state index contributed by atoms with van der Waals surface area (Å²) in [6.07, 6.45) is 2.09. The molecule has 1 aromatic rings. The second-order valence-electron chi connectivity index (χ2n) is 3.77. The zero-order valence-corrected chi connectivity index (χ0v) is 9.40. The third kappa shape index (κ3) is 3.27. The van der Waals surface area contributed by atoms with Crippen LogP contribution < -0.4 is 11.1 Å². The SMILES string of the molecule is CC[C@H](C)[C@H](N)C(=O)Nc1ccc(F)nc1. The lowest BCUT2D eigenvalue weighted by Crippen LogP contribution is -2.40. The van der Waals surface area contributed by atoms with E-state index in [9.17, 15) is 9.18 Å². The van der Waals surface area contributed by atoms with Crippen LogP contribution in [0.15, 0.2) is 18.3 Å². The lowest BCUT2D eigenvalue weighted by molar-refractivity contribution is -0.118. The average molecular weight is 225 g/mol. The Bertz CT molecular complexity index is 353. The van der Waals surface area contributed by atoms with Crippen molar-refractivity contribution < 1.29 is 9.18 Å². The van der Waals surface area contributed by atoms with Crippen molar-refractivity contribution in [2.75, 3.05) is 5.32 Å². The molecule has 0 unspecified atom stereocenters. The van der Waals surface area contributed by atoms with E-state index in [0.29, 0.717) is 5.69 Å². The van der Waals surface area contributed by atoms with Gasteiger partial charge in [0.15, 0.2) is 0 Å². The predicted molar refractivity (Wildman–Crippen MR) is 60.3 cm³/mol. The van der Waals surface area contributed by atoms with E-state index in [-0.39, 0.29) is 11.8 Å². The number of hydrogen-bond acceptors (Lipinski definition) is 3. The molecule has 3 N–H and O–H groups in total. The summed E-state index contributed by atoms with van der Waals surface area (Å²) in [7, 11) is 0. The van der Waals surface area contributed by atoms with Crippen molar-refractivity contribution in [1.29, 1.82) is 0 Å².